The number of nitrogens with two attached hydrogens (primary N) is 1. The molecule has 1 atom stereocenters. The monoisotopic (exact) mass is 263 g/mol. The number of rotatable bonds is 4. The molecule has 0 aliphatic heterocycles. The van der Waals surface area contributed by atoms with Gasteiger partial charge in [0.1, 0.15) is 6.04 Å². The molecule has 0 heterocycles. The van der Waals surface area contributed by atoms with Crippen LogP contribution in [-0.4, -0.2) is 26.2 Å². The van der Waals surface area contributed by atoms with Gasteiger partial charge in [0.15, 0.2) is 11.6 Å². The molecule has 2 N–H and O–H groups in total. The molecule has 0 radical (unpaired) electrons. The Kier molecular flexibility index (Phi) is 6.53. The van der Waals surface area contributed by atoms with Gasteiger partial charge in [-0.2, -0.15) is 0 Å². The van der Waals surface area contributed by atoms with Crippen LogP contribution >= 0.6 is 12.4 Å². The van der Waals surface area contributed by atoms with Crippen molar-refractivity contribution in [2.75, 3.05) is 14.2 Å². The van der Waals surface area contributed by atoms with Crippen LogP contribution in [0.5, 0.6) is 5.75 Å². The second kappa shape index (κ2) is 7.09. The molecule has 4 nitrogen and oxygen atoms in total. The van der Waals surface area contributed by atoms with Gasteiger partial charge in [0.25, 0.3) is 0 Å². The van der Waals surface area contributed by atoms with Crippen LogP contribution < -0.4 is 10.5 Å². The number of carbonyl (C=O) groups excluding carboxylic acids is 1. The van der Waals surface area contributed by atoms with E-state index in [-0.39, 0.29) is 24.6 Å². The van der Waals surface area contributed by atoms with E-state index in [4.69, 9.17) is 10.5 Å². The maximum absolute atomic E-state index is 13.1. The molecule has 96 valence electrons. The summed E-state index contributed by atoms with van der Waals surface area (Å²) in [6.07, 6.45) is 0.281. The van der Waals surface area contributed by atoms with Crippen molar-refractivity contribution in [3.8, 4) is 5.75 Å². The first-order chi connectivity index (χ1) is 7.58. The van der Waals surface area contributed by atoms with E-state index in [0.29, 0.717) is 0 Å². The normalized spacial score (nSPS) is 11.3. The number of halogens is 2. The van der Waals surface area contributed by atoms with Crippen molar-refractivity contribution in [3.05, 3.63) is 29.6 Å². The third kappa shape index (κ3) is 4.20. The average Bonchev–Trinajstić information content (AvgIpc) is 2.30. The lowest BCUT2D eigenvalue weighted by Crippen LogP contribution is -2.33. The van der Waals surface area contributed by atoms with Gasteiger partial charge < -0.3 is 15.2 Å². The fourth-order valence-corrected chi connectivity index (χ4v) is 1.32. The second-order valence-corrected chi connectivity index (χ2v) is 3.30. The standard InChI is InChI=1S/C11H14FNO3.ClH/c1-15-10-6-7(3-4-8(10)12)5-9(13)11(14)16-2;/h3-4,6,9H,5,13H2,1-2H3;1H. The molecule has 1 rings (SSSR count). The van der Waals surface area contributed by atoms with Crippen LogP contribution in [0, 0.1) is 5.82 Å². The van der Waals surface area contributed by atoms with E-state index in [2.05, 4.69) is 4.74 Å². The lowest BCUT2D eigenvalue weighted by molar-refractivity contribution is -0.142. The van der Waals surface area contributed by atoms with Crippen LogP contribution in [0.1, 0.15) is 5.56 Å². The van der Waals surface area contributed by atoms with Crippen molar-refractivity contribution in [1.82, 2.24) is 0 Å². The number of carbonyl (C=O) groups is 1. The van der Waals surface area contributed by atoms with Crippen LogP contribution in [0.15, 0.2) is 18.2 Å². The smallest absolute Gasteiger partial charge is 0.322 e. The highest BCUT2D eigenvalue weighted by atomic mass is 35.5. The van der Waals surface area contributed by atoms with Gasteiger partial charge in [-0.25, -0.2) is 4.39 Å². The molecule has 6 heteroatoms. The molecule has 0 aliphatic rings. The molecule has 0 saturated carbocycles. The topological polar surface area (TPSA) is 61.5 Å². The van der Waals surface area contributed by atoms with Crippen LogP contribution in [0.3, 0.4) is 0 Å². The van der Waals surface area contributed by atoms with Crippen LogP contribution in [0.2, 0.25) is 0 Å². The maximum atomic E-state index is 13.1. The molecular formula is C11H15ClFNO3. The van der Waals surface area contributed by atoms with Gasteiger partial charge in [-0.15, -0.1) is 12.4 Å². The Hall–Kier alpha value is -1.33. The van der Waals surface area contributed by atoms with Crippen LogP contribution in [0.4, 0.5) is 4.39 Å². The summed E-state index contributed by atoms with van der Waals surface area (Å²) < 4.78 is 22.4. The summed E-state index contributed by atoms with van der Waals surface area (Å²) >= 11 is 0. The highest BCUT2D eigenvalue weighted by Crippen LogP contribution is 2.18. The Labute approximate surface area is 105 Å². The zero-order valence-electron chi connectivity index (χ0n) is 9.60. The van der Waals surface area contributed by atoms with E-state index in [1.807, 2.05) is 0 Å². The van der Waals surface area contributed by atoms with Gasteiger partial charge in [0, 0.05) is 0 Å². The fourth-order valence-electron chi connectivity index (χ4n) is 1.32. The summed E-state index contributed by atoms with van der Waals surface area (Å²) in [5.74, 6) is -0.809. The average molecular weight is 264 g/mol. The van der Waals surface area contributed by atoms with Crippen LogP contribution in [0.25, 0.3) is 0 Å². The van der Waals surface area contributed by atoms with E-state index in [0.717, 1.165) is 5.56 Å². The molecule has 1 aromatic rings. The van der Waals surface area contributed by atoms with E-state index in [1.165, 1.54) is 26.4 Å². The van der Waals surface area contributed by atoms with Crippen molar-refractivity contribution in [2.45, 2.75) is 12.5 Å². The maximum Gasteiger partial charge on any atom is 0.322 e. The Morgan fingerprint density at radius 2 is 2.12 bits per heavy atom. The number of hydrogen-bond donors (Lipinski definition) is 1. The second-order valence-electron chi connectivity index (χ2n) is 3.30. The quantitative estimate of drug-likeness (QED) is 0.832. The van der Waals surface area contributed by atoms with E-state index >= 15 is 0 Å². The molecule has 0 bridgehead atoms. The zero-order chi connectivity index (χ0) is 12.1. The summed E-state index contributed by atoms with van der Waals surface area (Å²) in [4.78, 5) is 11.1. The van der Waals surface area contributed by atoms with Crippen molar-refractivity contribution < 1.29 is 18.7 Å². The summed E-state index contributed by atoms with van der Waals surface area (Å²) in [5.41, 5.74) is 6.30. The van der Waals surface area contributed by atoms with Gasteiger partial charge in [-0.1, -0.05) is 6.07 Å². The summed E-state index contributed by atoms with van der Waals surface area (Å²) in [6, 6.07) is 3.59. The van der Waals surface area contributed by atoms with Gasteiger partial charge in [0.2, 0.25) is 0 Å². The van der Waals surface area contributed by atoms with Gasteiger partial charge in [-0.3, -0.25) is 4.79 Å². The molecule has 0 aromatic heterocycles. The minimum atomic E-state index is -0.750. The van der Waals surface area contributed by atoms with Crippen molar-refractivity contribution >= 4 is 18.4 Å². The van der Waals surface area contributed by atoms with Crippen LogP contribution in [-0.2, 0) is 16.0 Å². The van der Waals surface area contributed by atoms with E-state index < -0.39 is 17.8 Å². The van der Waals surface area contributed by atoms with Gasteiger partial charge >= 0.3 is 5.97 Å². The molecule has 1 aromatic carbocycles. The third-order valence-corrected chi connectivity index (χ3v) is 2.18. The number of esters is 1. The van der Waals surface area contributed by atoms with E-state index in [9.17, 15) is 9.18 Å². The third-order valence-electron chi connectivity index (χ3n) is 2.18. The molecule has 17 heavy (non-hydrogen) atoms. The van der Waals surface area contributed by atoms with Crippen molar-refractivity contribution in [3.63, 3.8) is 0 Å². The molecule has 0 spiro atoms. The summed E-state index contributed by atoms with van der Waals surface area (Å²) in [5, 5.41) is 0. The minimum absolute atomic E-state index is 0. The summed E-state index contributed by atoms with van der Waals surface area (Å²) in [7, 11) is 2.65. The predicted molar refractivity (Wildman–Crippen MR) is 63.9 cm³/mol. The van der Waals surface area contributed by atoms with Gasteiger partial charge in [0.05, 0.1) is 14.2 Å². The highest BCUT2D eigenvalue weighted by molar-refractivity contribution is 5.85. The Bertz CT molecular complexity index is 387. The fraction of sp³-hybridized carbons (Fsp3) is 0.364. The van der Waals surface area contributed by atoms with Crippen molar-refractivity contribution in [2.24, 2.45) is 5.73 Å². The lowest BCUT2D eigenvalue weighted by Gasteiger charge is -2.10. The lowest BCUT2D eigenvalue weighted by atomic mass is 10.1. The largest absolute Gasteiger partial charge is 0.494 e. The number of hydrogen-bond acceptors (Lipinski definition) is 4. The first-order valence-corrected chi connectivity index (χ1v) is 4.74. The minimum Gasteiger partial charge on any atom is -0.494 e. The molecule has 1 unspecified atom stereocenters. The Balaban J connectivity index is 0.00000256. The molecular weight excluding hydrogens is 249 g/mol. The van der Waals surface area contributed by atoms with Crippen molar-refractivity contribution in [1.29, 1.82) is 0 Å². The highest BCUT2D eigenvalue weighted by Gasteiger charge is 2.15. The Morgan fingerprint density at radius 1 is 1.47 bits per heavy atom. The Morgan fingerprint density at radius 3 is 2.65 bits per heavy atom. The predicted octanol–water partition coefficient (Wildman–Crippen LogP) is 1.30. The summed E-state index contributed by atoms with van der Waals surface area (Å²) in [6.45, 7) is 0. The first kappa shape index (κ1) is 15.7. The van der Waals surface area contributed by atoms with Gasteiger partial charge in [-0.05, 0) is 24.1 Å². The SMILES string of the molecule is COC(=O)C(N)Cc1ccc(F)c(OC)c1.Cl. The zero-order valence-corrected chi connectivity index (χ0v) is 10.4. The molecule has 0 amide bonds. The first-order valence-electron chi connectivity index (χ1n) is 4.74. The number of ether oxygens (including phenoxy) is 2. The molecule has 0 fully saturated rings. The molecule has 0 aliphatic carbocycles. The number of methoxy groups -OCH3 is 2. The molecule has 0 saturated heterocycles. The number of benzene rings is 1. The van der Waals surface area contributed by atoms with E-state index in [1.54, 1.807) is 6.07 Å².